The minimum Gasteiger partial charge on any atom is -0.377 e. The second-order valence-corrected chi connectivity index (χ2v) is 4.63. The summed E-state index contributed by atoms with van der Waals surface area (Å²) in [7, 11) is 0. The lowest BCUT2D eigenvalue weighted by Gasteiger charge is -2.08. The van der Waals surface area contributed by atoms with E-state index in [0.29, 0.717) is 6.61 Å². The van der Waals surface area contributed by atoms with Gasteiger partial charge in [-0.15, -0.1) is 0 Å². The van der Waals surface area contributed by atoms with Gasteiger partial charge in [-0.3, -0.25) is 10.1 Å². The summed E-state index contributed by atoms with van der Waals surface area (Å²) in [6.45, 7) is 3.35. The van der Waals surface area contributed by atoms with Crippen molar-refractivity contribution in [3.8, 4) is 0 Å². The largest absolute Gasteiger partial charge is 0.377 e. The highest BCUT2D eigenvalue weighted by atomic mass is 16.6. The molecule has 1 fully saturated rings. The highest BCUT2D eigenvalue weighted by molar-refractivity contribution is 5.33. The molecule has 1 aliphatic heterocycles. The van der Waals surface area contributed by atoms with Crippen LogP contribution < -0.4 is 5.32 Å². The zero-order valence-corrected chi connectivity index (χ0v) is 10.3. The summed E-state index contributed by atoms with van der Waals surface area (Å²) in [6, 6.07) is 6.60. The number of nitro benzene ring substituents is 1. The number of nitrogens with one attached hydrogen (secondary N) is 1. The Hall–Kier alpha value is -1.46. The third-order valence-electron chi connectivity index (χ3n) is 3.22. The predicted molar refractivity (Wildman–Crippen MR) is 68.3 cm³/mol. The number of hydrogen-bond donors (Lipinski definition) is 1. The normalized spacial score (nSPS) is 19.0. The van der Waals surface area contributed by atoms with E-state index >= 15 is 0 Å². The third-order valence-corrected chi connectivity index (χ3v) is 3.22. The molecule has 5 heteroatoms. The van der Waals surface area contributed by atoms with Gasteiger partial charge in [0.25, 0.3) is 5.69 Å². The van der Waals surface area contributed by atoms with Crippen LogP contribution in [-0.2, 0) is 11.3 Å². The van der Waals surface area contributed by atoms with Gasteiger partial charge in [-0.25, -0.2) is 0 Å². The number of rotatable bonds is 6. The number of non-ortho nitro benzene ring substituents is 1. The van der Waals surface area contributed by atoms with E-state index in [4.69, 9.17) is 4.74 Å². The van der Waals surface area contributed by atoms with E-state index in [1.165, 1.54) is 12.5 Å². The summed E-state index contributed by atoms with van der Waals surface area (Å²) >= 11 is 0. The molecule has 1 saturated heterocycles. The zero-order valence-electron chi connectivity index (χ0n) is 10.3. The van der Waals surface area contributed by atoms with Gasteiger partial charge in [0.2, 0.25) is 0 Å². The molecular weight excluding hydrogens is 232 g/mol. The number of nitro groups is 1. The summed E-state index contributed by atoms with van der Waals surface area (Å²) in [4.78, 5) is 10.2. The molecule has 1 aromatic rings. The molecule has 1 N–H and O–H groups in total. The maximum atomic E-state index is 10.6. The molecule has 1 aliphatic rings. The van der Waals surface area contributed by atoms with Crippen molar-refractivity contribution in [1.82, 2.24) is 5.32 Å². The van der Waals surface area contributed by atoms with Gasteiger partial charge in [0.05, 0.1) is 11.5 Å². The van der Waals surface area contributed by atoms with Crippen LogP contribution in [-0.4, -0.2) is 24.6 Å². The van der Waals surface area contributed by atoms with Crippen LogP contribution in [0.25, 0.3) is 0 Å². The second kappa shape index (κ2) is 6.47. The summed E-state index contributed by atoms with van der Waals surface area (Å²) in [5.74, 6) is 0.718. The van der Waals surface area contributed by atoms with Crippen molar-refractivity contribution < 1.29 is 9.66 Å². The molecule has 1 aromatic carbocycles. The Kier molecular flexibility index (Phi) is 4.66. The molecule has 0 bridgehead atoms. The van der Waals surface area contributed by atoms with Crippen molar-refractivity contribution in [1.29, 1.82) is 0 Å². The van der Waals surface area contributed by atoms with Gasteiger partial charge in [-0.2, -0.15) is 0 Å². The lowest BCUT2D eigenvalue weighted by molar-refractivity contribution is -0.384. The molecule has 2 rings (SSSR count). The van der Waals surface area contributed by atoms with E-state index in [1.807, 2.05) is 6.07 Å². The number of benzene rings is 1. The van der Waals surface area contributed by atoms with Crippen molar-refractivity contribution in [3.63, 3.8) is 0 Å². The average Bonchev–Trinajstić information content (AvgIpc) is 2.88. The van der Waals surface area contributed by atoms with Gasteiger partial charge in [-0.1, -0.05) is 12.1 Å². The van der Waals surface area contributed by atoms with Crippen molar-refractivity contribution in [3.05, 3.63) is 39.9 Å². The standard InChI is InChI=1S/C13H18N2O3/c16-15(17)13-3-1-2-12(8-13)10-18-7-5-11-4-6-14-9-11/h1-3,8,11,14H,4-7,9-10H2. The molecule has 5 nitrogen and oxygen atoms in total. The van der Waals surface area contributed by atoms with E-state index in [-0.39, 0.29) is 10.6 Å². The van der Waals surface area contributed by atoms with E-state index < -0.39 is 0 Å². The van der Waals surface area contributed by atoms with Crippen LogP contribution in [0.4, 0.5) is 5.69 Å². The summed E-state index contributed by atoms with van der Waals surface area (Å²) in [6.07, 6.45) is 2.28. The minimum atomic E-state index is -0.381. The molecule has 0 amide bonds. The van der Waals surface area contributed by atoms with Crippen LogP contribution in [0.3, 0.4) is 0 Å². The first-order valence-electron chi connectivity index (χ1n) is 6.27. The molecule has 1 heterocycles. The van der Waals surface area contributed by atoms with Gasteiger partial charge >= 0.3 is 0 Å². The lowest BCUT2D eigenvalue weighted by atomic mass is 10.1. The fourth-order valence-electron chi connectivity index (χ4n) is 2.16. The Morgan fingerprint density at radius 2 is 2.39 bits per heavy atom. The maximum absolute atomic E-state index is 10.6. The van der Waals surface area contributed by atoms with E-state index in [0.717, 1.165) is 37.6 Å². The summed E-state index contributed by atoms with van der Waals surface area (Å²) in [5.41, 5.74) is 0.977. The van der Waals surface area contributed by atoms with Crippen LogP contribution in [0.5, 0.6) is 0 Å². The molecule has 0 radical (unpaired) electrons. The molecular formula is C13H18N2O3. The molecule has 0 aromatic heterocycles. The van der Waals surface area contributed by atoms with E-state index in [1.54, 1.807) is 12.1 Å². The summed E-state index contributed by atoms with van der Waals surface area (Å²) < 4.78 is 5.57. The van der Waals surface area contributed by atoms with Crippen LogP contribution in [0.2, 0.25) is 0 Å². The summed E-state index contributed by atoms with van der Waals surface area (Å²) in [5, 5.41) is 13.9. The molecule has 0 spiro atoms. The first kappa shape index (κ1) is 13.0. The Morgan fingerprint density at radius 1 is 1.50 bits per heavy atom. The quantitative estimate of drug-likeness (QED) is 0.477. The molecule has 0 saturated carbocycles. The number of ether oxygens (including phenoxy) is 1. The van der Waals surface area contributed by atoms with Crippen molar-refractivity contribution in [2.75, 3.05) is 19.7 Å². The van der Waals surface area contributed by atoms with Gasteiger partial charge in [0, 0.05) is 18.7 Å². The SMILES string of the molecule is O=[N+]([O-])c1cccc(COCCC2CCNC2)c1. The molecule has 0 aliphatic carbocycles. The van der Waals surface area contributed by atoms with Gasteiger partial charge in [0.1, 0.15) is 0 Å². The fraction of sp³-hybridized carbons (Fsp3) is 0.538. The minimum absolute atomic E-state index is 0.121. The van der Waals surface area contributed by atoms with Gasteiger partial charge in [0.15, 0.2) is 0 Å². The van der Waals surface area contributed by atoms with Gasteiger partial charge in [-0.05, 0) is 37.4 Å². The van der Waals surface area contributed by atoms with Crippen LogP contribution in [0.1, 0.15) is 18.4 Å². The Bertz CT molecular complexity index is 403. The zero-order chi connectivity index (χ0) is 12.8. The lowest BCUT2D eigenvalue weighted by Crippen LogP contribution is -2.10. The smallest absolute Gasteiger partial charge is 0.269 e. The maximum Gasteiger partial charge on any atom is 0.269 e. The topological polar surface area (TPSA) is 64.4 Å². The molecule has 1 unspecified atom stereocenters. The Morgan fingerprint density at radius 3 is 3.11 bits per heavy atom. The van der Waals surface area contributed by atoms with Crippen LogP contribution in [0, 0.1) is 16.0 Å². The number of nitrogens with zero attached hydrogens (tertiary/aromatic N) is 1. The molecule has 98 valence electrons. The van der Waals surface area contributed by atoms with Crippen molar-refractivity contribution in [2.24, 2.45) is 5.92 Å². The van der Waals surface area contributed by atoms with E-state index in [2.05, 4.69) is 5.32 Å². The second-order valence-electron chi connectivity index (χ2n) is 4.63. The third kappa shape index (κ3) is 3.78. The highest BCUT2D eigenvalue weighted by Crippen LogP contribution is 2.15. The Balaban J connectivity index is 1.72. The monoisotopic (exact) mass is 250 g/mol. The molecule has 1 atom stereocenters. The first-order valence-corrected chi connectivity index (χ1v) is 6.27. The highest BCUT2D eigenvalue weighted by Gasteiger charge is 2.13. The number of hydrogen-bond acceptors (Lipinski definition) is 4. The average molecular weight is 250 g/mol. The first-order chi connectivity index (χ1) is 8.75. The predicted octanol–water partition coefficient (Wildman–Crippen LogP) is 2.11. The van der Waals surface area contributed by atoms with Crippen LogP contribution in [0.15, 0.2) is 24.3 Å². The molecule has 18 heavy (non-hydrogen) atoms. The van der Waals surface area contributed by atoms with Crippen molar-refractivity contribution in [2.45, 2.75) is 19.4 Å². The van der Waals surface area contributed by atoms with Crippen molar-refractivity contribution >= 4 is 5.69 Å². The Labute approximate surface area is 106 Å². The van der Waals surface area contributed by atoms with Crippen LogP contribution >= 0.6 is 0 Å². The van der Waals surface area contributed by atoms with Gasteiger partial charge < -0.3 is 10.1 Å². The fourth-order valence-corrected chi connectivity index (χ4v) is 2.16. The van der Waals surface area contributed by atoms with E-state index in [9.17, 15) is 10.1 Å².